The first-order valence-electron chi connectivity index (χ1n) is 13.1. The van der Waals surface area contributed by atoms with Crippen LogP contribution in [0.25, 0.3) is 0 Å². The highest BCUT2D eigenvalue weighted by molar-refractivity contribution is 7.48. The molecule has 0 fully saturated rings. The number of phosphoric acid groups is 1. The van der Waals surface area contributed by atoms with E-state index in [0.717, 1.165) is 96.3 Å². The summed E-state index contributed by atoms with van der Waals surface area (Å²) in [5.74, 6) is 0. The molecular weight excluding hydrogens is 431 g/mol. The molecule has 0 spiro atoms. The van der Waals surface area contributed by atoms with Gasteiger partial charge >= 0.3 is 7.82 Å². The Labute approximate surface area is 196 Å². The molecule has 0 aromatic heterocycles. The largest absolute Gasteiger partial charge is 0.481 e. The van der Waals surface area contributed by atoms with E-state index in [4.69, 9.17) is 13.6 Å². The second kappa shape index (κ2) is 21.5. The standard InChI is InChI=1S/C24H51O7P/c1-4-7-10-13-16-19-22(25)29-32(28,30-23(26)20-17-14-11-8-5-2)31-24(27)21-18-15-12-9-6-3/h22-27H,4-21H2,1-3H3. The molecule has 0 aliphatic rings. The first-order chi connectivity index (χ1) is 15.4. The fraction of sp³-hybridized carbons (Fsp3) is 1.00. The minimum Gasteiger partial charge on any atom is -0.367 e. The maximum Gasteiger partial charge on any atom is 0.481 e. The van der Waals surface area contributed by atoms with E-state index in [1.54, 1.807) is 0 Å². The molecule has 0 saturated carbocycles. The Morgan fingerprint density at radius 1 is 0.500 bits per heavy atom. The molecule has 0 amide bonds. The summed E-state index contributed by atoms with van der Waals surface area (Å²) in [6, 6.07) is 0. The lowest BCUT2D eigenvalue weighted by Crippen LogP contribution is -2.21. The molecule has 32 heavy (non-hydrogen) atoms. The molecule has 8 heteroatoms. The molecule has 3 N–H and O–H groups in total. The normalized spacial score (nSPS) is 16.6. The molecule has 0 saturated heterocycles. The number of hydrogen-bond acceptors (Lipinski definition) is 7. The van der Waals surface area contributed by atoms with Crippen molar-refractivity contribution in [3.63, 3.8) is 0 Å². The molecule has 0 rings (SSSR count). The smallest absolute Gasteiger partial charge is 0.367 e. The lowest BCUT2D eigenvalue weighted by atomic mass is 10.1. The zero-order chi connectivity index (χ0) is 24.1. The highest BCUT2D eigenvalue weighted by Gasteiger charge is 2.35. The maximum atomic E-state index is 13.1. The van der Waals surface area contributed by atoms with Gasteiger partial charge in [0.15, 0.2) is 18.9 Å². The number of aliphatic hydroxyl groups is 3. The summed E-state index contributed by atoms with van der Waals surface area (Å²) >= 11 is 0. The van der Waals surface area contributed by atoms with Gasteiger partial charge in [-0.05, 0) is 38.5 Å². The van der Waals surface area contributed by atoms with Crippen molar-refractivity contribution >= 4 is 7.82 Å². The van der Waals surface area contributed by atoms with Crippen LogP contribution in [0.5, 0.6) is 0 Å². The number of unbranched alkanes of at least 4 members (excludes halogenated alkanes) is 12. The second-order valence-electron chi connectivity index (χ2n) is 8.74. The Morgan fingerprint density at radius 3 is 1.00 bits per heavy atom. The van der Waals surface area contributed by atoms with Crippen LogP contribution in [0.4, 0.5) is 0 Å². The second-order valence-corrected chi connectivity index (χ2v) is 10.3. The topological polar surface area (TPSA) is 105 Å². The van der Waals surface area contributed by atoms with E-state index in [2.05, 4.69) is 20.8 Å². The van der Waals surface area contributed by atoms with Crippen LogP contribution in [-0.2, 0) is 18.1 Å². The number of aliphatic hydroxyl groups excluding tert-OH is 3. The van der Waals surface area contributed by atoms with Crippen LogP contribution in [0.3, 0.4) is 0 Å². The van der Waals surface area contributed by atoms with Crippen molar-refractivity contribution in [3.8, 4) is 0 Å². The first kappa shape index (κ1) is 32.0. The Hall–Kier alpha value is -0.0100. The average molecular weight is 483 g/mol. The molecule has 0 heterocycles. The van der Waals surface area contributed by atoms with Gasteiger partial charge in [-0.2, -0.15) is 0 Å². The van der Waals surface area contributed by atoms with Crippen LogP contribution < -0.4 is 0 Å². The molecule has 3 unspecified atom stereocenters. The lowest BCUT2D eigenvalue weighted by molar-refractivity contribution is -0.123. The van der Waals surface area contributed by atoms with Gasteiger partial charge < -0.3 is 15.3 Å². The summed E-state index contributed by atoms with van der Waals surface area (Å²) in [6.07, 6.45) is 11.9. The Balaban J connectivity index is 4.64. The molecule has 0 radical (unpaired) electrons. The SMILES string of the molecule is CCCCCCCC(O)OP(=O)(OC(O)CCCCCCC)OC(O)CCCCCCC. The summed E-state index contributed by atoms with van der Waals surface area (Å²) in [4.78, 5) is 0. The molecular formula is C24H51O7P. The van der Waals surface area contributed by atoms with Crippen molar-refractivity contribution in [1.82, 2.24) is 0 Å². The van der Waals surface area contributed by atoms with Crippen molar-refractivity contribution in [2.75, 3.05) is 0 Å². The van der Waals surface area contributed by atoms with Crippen molar-refractivity contribution in [2.24, 2.45) is 0 Å². The lowest BCUT2D eigenvalue weighted by Gasteiger charge is -2.25. The Bertz CT molecular complexity index is 388. The van der Waals surface area contributed by atoms with E-state index < -0.39 is 26.7 Å². The number of hydrogen-bond donors (Lipinski definition) is 3. The summed E-state index contributed by atoms with van der Waals surface area (Å²) in [5, 5.41) is 30.6. The van der Waals surface area contributed by atoms with E-state index in [1.807, 2.05) is 0 Å². The van der Waals surface area contributed by atoms with Gasteiger partial charge in [0.25, 0.3) is 0 Å². The quantitative estimate of drug-likeness (QED) is 0.0760. The minimum absolute atomic E-state index is 0.292. The van der Waals surface area contributed by atoms with Crippen molar-refractivity contribution in [1.29, 1.82) is 0 Å². The van der Waals surface area contributed by atoms with Gasteiger partial charge in [-0.15, -0.1) is 0 Å². The van der Waals surface area contributed by atoms with Gasteiger partial charge in [-0.25, -0.2) is 4.57 Å². The van der Waals surface area contributed by atoms with E-state index in [0.29, 0.717) is 19.3 Å². The molecule has 0 aliphatic heterocycles. The monoisotopic (exact) mass is 482 g/mol. The van der Waals surface area contributed by atoms with Crippen molar-refractivity contribution < 1.29 is 33.5 Å². The summed E-state index contributed by atoms with van der Waals surface area (Å²) < 4.78 is 28.8. The summed E-state index contributed by atoms with van der Waals surface area (Å²) in [5.41, 5.74) is 0. The van der Waals surface area contributed by atoms with Crippen molar-refractivity contribution in [2.45, 2.75) is 155 Å². The van der Waals surface area contributed by atoms with Crippen LogP contribution in [-0.4, -0.2) is 34.2 Å². The summed E-state index contributed by atoms with van der Waals surface area (Å²) in [7, 11) is -4.32. The van der Waals surface area contributed by atoms with Gasteiger partial charge in [-0.3, -0.25) is 13.6 Å². The fourth-order valence-electron chi connectivity index (χ4n) is 3.45. The fourth-order valence-corrected chi connectivity index (χ4v) is 4.81. The van der Waals surface area contributed by atoms with E-state index >= 15 is 0 Å². The predicted molar refractivity (Wildman–Crippen MR) is 129 cm³/mol. The first-order valence-corrected chi connectivity index (χ1v) is 14.5. The molecule has 194 valence electrons. The van der Waals surface area contributed by atoms with Crippen LogP contribution >= 0.6 is 7.82 Å². The maximum absolute atomic E-state index is 13.1. The van der Waals surface area contributed by atoms with Crippen LogP contribution in [0.2, 0.25) is 0 Å². The molecule has 0 aliphatic carbocycles. The third-order valence-electron chi connectivity index (χ3n) is 5.42. The predicted octanol–water partition coefficient (Wildman–Crippen LogP) is 7.18. The Morgan fingerprint density at radius 2 is 0.750 bits per heavy atom. The molecule has 3 atom stereocenters. The van der Waals surface area contributed by atoms with E-state index in [-0.39, 0.29) is 0 Å². The third kappa shape index (κ3) is 19.5. The summed E-state index contributed by atoms with van der Waals surface area (Å²) in [6.45, 7) is 6.40. The van der Waals surface area contributed by atoms with Gasteiger partial charge in [0, 0.05) is 0 Å². The third-order valence-corrected chi connectivity index (χ3v) is 6.92. The molecule has 0 aromatic carbocycles. The van der Waals surface area contributed by atoms with Crippen LogP contribution in [0.15, 0.2) is 0 Å². The van der Waals surface area contributed by atoms with Crippen LogP contribution in [0.1, 0.15) is 136 Å². The zero-order valence-corrected chi connectivity index (χ0v) is 21.8. The minimum atomic E-state index is -4.32. The molecule has 0 bridgehead atoms. The highest BCUT2D eigenvalue weighted by Crippen LogP contribution is 2.53. The Kier molecular flexibility index (Phi) is 21.5. The number of phosphoric ester groups is 1. The van der Waals surface area contributed by atoms with Gasteiger partial charge in [-0.1, -0.05) is 97.8 Å². The highest BCUT2D eigenvalue weighted by atomic mass is 31.2. The van der Waals surface area contributed by atoms with Gasteiger partial charge in [0.05, 0.1) is 0 Å². The number of rotatable bonds is 24. The molecule has 7 nitrogen and oxygen atoms in total. The van der Waals surface area contributed by atoms with E-state index in [1.165, 1.54) is 0 Å². The molecule has 0 aromatic rings. The van der Waals surface area contributed by atoms with Crippen molar-refractivity contribution in [3.05, 3.63) is 0 Å². The zero-order valence-electron chi connectivity index (χ0n) is 20.9. The average Bonchev–Trinajstić information content (AvgIpc) is 2.72. The van der Waals surface area contributed by atoms with Gasteiger partial charge in [0.2, 0.25) is 0 Å². The van der Waals surface area contributed by atoms with E-state index in [9.17, 15) is 19.9 Å². The van der Waals surface area contributed by atoms with Gasteiger partial charge in [0.1, 0.15) is 0 Å². The van der Waals surface area contributed by atoms with Crippen LogP contribution in [0, 0.1) is 0 Å².